The van der Waals surface area contributed by atoms with Crippen molar-refractivity contribution in [3.8, 4) is 0 Å². The first-order valence-corrected chi connectivity index (χ1v) is 5.22. The molecule has 2 aromatic heterocycles. The van der Waals surface area contributed by atoms with Crippen LogP contribution >= 0.6 is 0 Å². The number of hydrogen-bond acceptors (Lipinski definition) is 6. The highest BCUT2D eigenvalue weighted by Crippen LogP contribution is 2.04. The highest BCUT2D eigenvalue weighted by atomic mass is 16.1. The zero-order chi connectivity index (χ0) is 12.3. The number of amides is 1. The Labute approximate surface area is 97.4 Å². The number of nitrogens with zero attached hydrogens (tertiary/aromatic N) is 5. The van der Waals surface area contributed by atoms with Crippen molar-refractivity contribution >= 4 is 17.4 Å². The number of fused-ring (bicyclic) bond motifs is 1. The zero-order valence-corrected chi connectivity index (χ0v) is 9.58. The van der Waals surface area contributed by atoms with Gasteiger partial charge in [0.2, 0.25) is 5.91 Å². The molecule has 0 aromatic carbocycles. The SMILES string of the molecule is CC(C)NC(=O)CNc1cncc2nnnn12. The van der Waals surface area contributed by atoms with Gasteiger partial charge in [0.25, 0.3) is 0 Å². The van der Waals surface area contributed by atoms with Gasteiger partial charge in [-0.3, -0.25) is 9.78 Å². The summed E-state index contributed by atoms with van der Waals surface area (Å²) in [7, 11) is 0. The predicted molar refractivity (Wildman–Crippen MR) is 60.3 cm³/mol. The highest BCUT2D eigenvalue weighted by molar-refractivity contribution is 5.80. The van der Waals surface area contributed by atoms with Gasteiger partial charge < -0.3 is 10.6 Å². The monoisotopic (exact) mass is 235 g/mol. The first-order chi connectivity index (χ1) is 8.16. The smallest absolute Gasteiger partial charge is 0.239 e. The lowest BCUT2D eigenvalue weighted by Crippen LogP contribution is -2.35. The van der Waals surface area contributed by atoms with Crippen LogP contribution in [0.1, 0.15) is 13.8 Å². The van der Waals surface area contributed by atoms with Crippen LogP contribution in [0.5, 0.6) is 0 Å². The van der Waals surface area contributed by atoms with Gasteiger partial charge in [0.05, 0.1) is 18.9 Å². The van der Waals surface area contributed by atoms with Gasteiger partial charge in [0, 0.05) is 6.04 Å². The average molecular weight is 235 g/mol. The van der Waals surface area contributed by atoms with E-state index in [4.69, 9.17) is 0 Å². The lowest BCUT2D eigenvalue weighted by Gasteiger charge is -2.09. The van der Waals surface area contributed by atoms with Gasteiger partial charge in [-0.05, 0) is 24.3 Å². The summed E-state index contributed by atoms with van der Waals surface area (Å²) in [5.41, 5.74) is 0.527. The molecule has 17 heavy (non-hydrogen) atoms. The van der Waals surface area contributed by atoms with Crippen LogP contribution in [0.4, 0.5) is 5.82 Å². The van der Waals surface area contributed by atoms with Gasteiger partial charge in [0.1, 0.15) is 0 Å². The standard InChI is InChI=1S/C9H13N7O/c1-6(2)12-9(17)5-11-7-3-10-4-8-13-14-15-16(7)8/h3-4,6,11H,5H2,1-2H3,(H,12,17). The molecule has 0 unspecified atom stereocenters. The van der Waals surface area contributed by atoms with E-state index in [1.54, 1.807) is 12.4 Å². The molecule has 2 heterocycles. The normalized spacial score (nSPS) is 10.8. The van der Waals surface area contributed by atoms with E-state index >= 15 is 0 Å². The van der Waals surface area contributed by atoms with E-state index in [0.717, 1.165) is 0 Å². The van der Waals surface area contributed by atoms with Gasteiger partial charge in [0.15, 0.2) is 11.5 Å². The molecular weight excluding hydrogens is 222 g/mol. The van der Waals surface area contributed by atoms with E-state index in [-0.39, 0.29) is 18.5 Å². The van der Waals surface area contributed by atoms with Gasteiger partial charge in [-0.2, -0.15) is 4.52 Å². The molecule has 2 rings (SSSR count). The number of tetrazole rings is 1. The Morgan fingerprint density at radius 1 is 1.47 bits per heavy atom. The first-order valence-electron chi connectivity index (χ1n) is 5.22. The van der Waals surface area contributed by atoms with Crippen LogP contribution in [0.25, 0.3) is 5.65 Å². The van der Waals surface area contributed by atoms with Gasteiger partial charge in [-0.25, -0.2) is 0 Å². The second-order valence-electron chi connectivity index (χ2n) is 3.82. The van der Waals surface area contributed by atoms with Crippen LogP contribution in [-0.4, -0.2) is 43.5 Å². The molecule has 0 radical (unpaired) electrons. The number of hydrogen-bond donors (Lipinski definition) is 2. The minimum absolute atomic E-state index is 0.0925. The summed E-state index contributed by atoms with van der Waals surface area (Å²) in [5, 5.41) is 16.7. The van der Waals surface area contributed by atoms with Gasteiger partial charge in [-0.1, -0.05) is 0 Å². The molecular formula is C9H13N7O. The van der Waals surface area contributed by atoms with Crippen molar-refractivity contribution in [3.63, 3.8) is 0 Å². The van der Waals surface area contributed by atoms with Crippen LogP contribution in [-0.2, 0) is 4.79 Å². The maximum atomic E-state index is 11.4. The summed E-state index contributed by atoms with van der Waals surface area (Å²) >= 11 is 0. The second kappa shape index (κ2) is 4.73. The fraction of sp³-hybridized carbons (Fsp3) is 0.444. The summed E-state index contributed by atoms with van der Waals surface area (Å²) in [6, 6.07) is 0.117. The predicted octanol–water partition coefficient (Wildman–Crippen LogP) is -0.544. The van der Waals surface area contributed by atoms with E-state index in [9.17, 15) is 4.79 Å². The summed E-state index contributed by atoms with van der Waals surface area (Å²) in [5.74, 6) is 0.483. The van der Waals surface area contributed by atoms with Crippen LogP contribution in [0, 0.1) is 0 Å². The lowest BCUT2D eigenvalue weighted by molar-refractivity contribution is -0.119. The number of aromatic nitrogens is 5. The molecule has 2 aromatic rings. The van der Waals surface area contributed by atoms with E-state index < -0.39 is 0 Å². The number of rotatable bonds is 4. The largest absolute Gasteiger partial charge is 0.360 e. The Morgan fingerprint density at radius 3 is 3.06 bits per heavy atom. The van der Waals surface area contributed by atoms with Crippen molar-refractivity contribution in [1.29, 1.82) is 0 Å². The first kappa shape index (κ1) is 11.2. The third kappa shape index (κ3) is 2.65. The molecule has 8 heteroatoms. The number of anilines is 1. The summed E-state index contributed by atoms with van der Waals surface area (Å²) in [6.45, 7) is 3.96. The molecule has 2 N–H and O–H groups in total. The fourth-order valence-electron chi connectivity index (χ4n) is 1.34. The molecule has 0 saturated carbocycles. The van der Waals surface area contributed by atoms with E-state index in [1.807, 2.05) is 13.8 Å². The molecule has 1 amide bonds. The average Bonchev–Trinajstić information content (AvgIpc) is 2.73. The number of carbonyl (C=O) groups excluding carboxylic acids is 1. The third-order valence-corrected chi connectivity index (χ3v) is 1.99. The van der Waals surface area contributed by atoms with Gasteiger partial charge >= 0.3 is 0 Å². The topological polar surface area (TPSA) is 97.1 Å². The van der Waals surface area contributed by atoms with Crippen molar-refractivity contribution in [1.82, 2.24) is 30.3 Å². The lowest BCUT2D eigenvalue weighted by atomic mass is 10.4. The Bertz CT molecular complexity index is 521. The molecule has 90 valence electrons. The van der Waals surface area contributed by atoms with Crippen molar-refractivity contribution in [2.75, 3.05) is 11.9 Å². The van der Waals surface area contributed by atoms with E-state index in [2.05, 4.69) is 31.1 Å². The van der Waals surface area contributed by atoms with Crippen molar-refractivity contribution < 1.29 is 4.79 Å². The van der Waals surface area contributed by atoms with Crippen LogP contribution < -0.4 is 10.6 Å². The van der Waals surface area contributed by atoms with Crippen LogP contribution in [0.15, 0.2) is 12.4 Å². The second-order valence-corrected chi connectivity index (χ2v) is 3.82. The quantitative estimate of drug-likeness (QED) is 0.738. The van der Waals surface area contributed by atoms with Gasteiger partial charge in [-0.15, -0.1) is 5.10 Å². The molecule has 0 atom stereocenters. The molecule has 0 spiro atoms. The molecule has 0 fully saturated rings. The van der Waals surface area contributed by atoms with Crippen LogP contribution in [0.2, 0.25) is 0 Å². The number of carbonyl (C=O) groups is 1. The molecule has 0 aliphatic carbocycles. The maximum absolute atomic E-state index is 11.4. The van der Waals surface area contributed by atoms with Crippen molar-refractivity contribution in [2.45, 2.75) is 19.9 Å². The number of nitrogens with one attached hydrogen (secondary N) is 2. The third-order valence-electron chi connectivity index (χ3n) is 1.99. The Morgan fingerprint density at radius 2 is 2.29 bits per heavy atom. The van der Waals surface area contributed by atoms with Crippen LogP contribution in [0.3, 0.4) is 0 Å². The summed E-state index contributed by atoms with van der Waals surface area (Å²) in [6.07, 6.45) is 3.10. The van der Waals surface area contributed by atoms with E-state index in [0.29, 0.717) is 11.5 Å². The molecule has 0 aliphatic rings. The highest BCUT2D eigenvalue weighted by Gasteiger charge is 2.06. The minimum Gasteiger partial charge on any atom is -0.360 e. The Kier molecular flexibility index (Phi) is 3.12. The minimum atomic E-state index is -0.0925. The van der Waals surface area contributed by atoms with E-state index in [1.165, 1.54) is 4.52 Å². The molecule has 8 nitrogen and oxygen atoms in total. The molecule has 0 aliphatic heterocycles. The molecule has 0 saturated heterocycles. The van der Waals surface area contributed by atoms with Crippen molar-refractivity contribution in [2.24, 2.45) is 0 Å². The summed E-state index contributed by atoms with van der Waals surface area (Å²) < 4.78 is 1.48. The Balaban J connectivity index is 2.04. The Hall–Kier alpha value is -2.25. The van der Waals surface area contributed by atoms with Crippen molar-refractivity contribution in [3.05, 3.63) is 12.4 Å². The maximum Gasteiger partial charge on any atom is 0.239 e. The molecule has 0 bridgehead atoms. The fourth-order valence-corrected chi connectivity index (χ4v) is 1.34. The summed E-state index contributed by atoms with van der Waals surface area (Å²) in [4.78, 5) is 15.4. The zero-order valence-electron chi connectivity index (χ0n) is 9.58.